The Labute approximate surface area is 118 Å². The molecule has 1 aliphatic rings. The Morgan fingerprint density at radius 2 is 2.15 bits per heavy atom. The number of fused-ring (bicyclic) bond motifs is 1. The van der Waals surface area contributed by atoms with E-state index in [2.05, 4.69) is 28.6 Å². The van der Waals surface area contributed by atoms with Crippen LogP contribution in [0, 0.1) is 5.92 Å². The minimum Gasteiger partial charge on any atom is -0.350 e. The highest BCUT2D eigenvalue weighted by Gasteiger charge is 2.24. The molecule has 0 fully saturated rings. The van der Waals surface area contributed by atoms with E-state index in [0.717, 1.165) is 25.0 Å². The molecule has 0 spiro atoms. The Morgan fingerprint density at radius 1 is 1.35 bits per heavy atom. The summed E-state index contributed by atoms with van der Waals surface area (Å²) in [7, 11) is 1.88. The second kappa shape index (κ2) is 5.49. The molecule has 1 heterocycles. The fourth-order valence-corrected chi connectivity index (χ4v) is 2.80. The standard InChI is InChI=1S/C16H19N3O/c1-19-9-8-15(18-19)11-17-16(20)14-7-6-12-4-2-3-5-13(12)10-14/h2-5,8-9,14H,6-7,10-11H2,1H3,(H,17,20). The van der Waals surface area contributed by atoms with Crippen LogP contribution >= 0.6 is 0 Å². The van der Waals surface area contributed by atoms with Gasteiger partial charge in [-0.25, -0.2) is 0 Å². The van der Waals surface area contributed by atoms with Crippen LogP contribution in [0.25, 0.3) is 0 Å². The summed E-state index contributed by atoms with van der Waals surface area (Å²) in [5.41, 5.74) is 3.61. The second-order valence-electron chi connectivity index (χ2n) is 5.41. The van der Waals surface area contributed by atoms with Gasteiger partial charge in [-0.05, 0) is 36.5 Å². The number of aryl methyl sites for hydroxylation is 2. The van der Waals surface area contributed by atoms with E-state index >= 15 is 0 Å². The maximum absolute atomic E-state index is 12.2. The highest BCUT2D eigenvalue weighted by molar-refractivity contribution is 5.79. The summed E-state index contributed by atoms with van der Waals surface area (Å²) in [5.74, 6) is 0.235. The summed E-state index contributed by atoms with van der Waals surface area (Å²) in [5, 5.41) is 7.26. The summed E-state index contributed by atoms with van der Waals surface area (Å²) in [6, 6.07) is 10.3. The van der Waals surface area contributed by atoms with Crippen LogP contribution in [0.5, 0.6) is 0 Å². The lowest BCUT2D eigenvalue weighted by atomic mass is 9.83. The van der Waals surface area contributed by atoms with Crippen molar-refractivity contribution in [3.05, 3.63) is 53.3 Å². The van der Waals surface area contributed by atoms with Gasteiger partial charge in [0.1, 0.15) is 0 Å². The molecule has 0 saturated carbocycles. The van der Waals surface area contributed by atoms with Crippen molar-refractivity contribution < 1.29 is 4.79 Å². The van der Waals surface area contributed by atoms with Gasteiger partial charge in [-0.15, -0.1) is 0 Å². The summed E-state index contributed by atoms with van der Waals surface area (Å²) >= 11 is 0. The van der Waals surface area contributed by atoms with Crippen molar-refractivity contribution in [1.82, 2.24) is 15.1 Å². The molecule has 0 bridgehead atoms. The zero-order chi connectivity index (χ0) is 13.9. The van der Waals surface area contributed by atoms with Crippen molar-refractivity contribution in [2.24, 2.45) is 13.0 Å². The molecule has 1 aromatic carbocycles. The minimum absolute atomic E-state index is 0.0913. The molecule has 2 aromatic rings. The normalized spacial score (nSPS) is 17.6. The second-order valence-corrected chi connectivity index (χ2v) is 5.41. The zero-order valence-electron chi connectivity index (χ0n) is 11.7. The van der Waals surface area contributed by atoms with Crippen molar-refractivity contribution in [2.45, 2.75) is 25.8 Å². The van der Waals surface area contributed by atoms with Crippen molar-refractivity contribution >= 4 is 5.91 Å². The molecule has 0 radical (unpaired) electrons. The van der Waals surface area contributed by atoms with Gasteiger partial charge in [-0.2, -0.15) is 5.10 Å². The largest absolute Gasteiger partial charge is 0.350 e. The molecule has 104 valence electrons. The number of benzene rings is 1. The Kier molecular flexibility index (Phi) is 3.54. The number of rotatable bonds is 3. The smallest absolute Gasteiger partial charge is 0.223 e. The van der Waals surface area contributed by atoms with Gasteiger partial charge in [-0.3, -0.25) is 9.48 Å². The van der Waals surface area contributed by atoms with Crippen LogP contribution in [0.1, 0.15) is 23.2 Å². The SMILES string of the molecule is Cn1ccc(CNC(=O)C2CCc3ccccc3C2)n1. The average molecular weight is 269 g/mol. The molecule has 1 atom stereocenters. The molecular formula is C16H19N3O. The quantitative estimate of drug-likeness (QED) is 0.924. The minimum atomic E-state index is 0.0913. The molecule has 1 amide bonds. The topological polar surface area (TPSA) is 46.9 Å². The van der Waals surface area contributed by atoms with Crippen LogP contribution in [0.2, 0.25) is 0 Å². The van der Waals surface area contributed by atoms with Gasteiger partial charge in [-0.1, -0.05) is 24.3 Å². The first-order valence-electron chi connectivity index (χ1n) is 7.05. The van der Waals surface area contributed by atoms with Gasteiger partial charge in [0, 0.05) is 19.2 Å². The number of hydrogen-bond acceptors (Lipinski definition) is 2. The van der Waals surface area contributed by atoms with Crippen molar-refractivity contribution in [2.75, 3.05) is 0 Å². The number of nitrogens with zero attached hydrogens (tertiary/aromatic N) is 2. The Hall–Kier alpha value is -2.10. The number of hydrogen-bond donors (Lipinski definition) is 1. The van der Waals surface area contributed by atoms with Crippen LogP contribution in [0.4, 0.5) is 0 Å². The van der Waals surface area contributed by atoms with E-state index in [9.17, 15) is 4.79 Å². The fourth-order valence-electron chi connectivity index (χ4n) is 2.80. The third-order valence-electron chi connectivity index (χ3n) is 3.93. The first kappa shape index (κ1) is 12.9. The molecular weight excluding hydrogens is 250 g/mol. The fraction of sp³-hybridized carbons (Fsp3) is 0.375. The van der Waals surface area contributed by atoms with E-state index < -0.39 is 0 Å². The highest BCUT2D eigenvalue weighted by atomic mass is 16.1. The zero-order valence-corrected chi connectivity index (χ0v) is 11.7. The van der Waals surface area contributed by atoms with E-state index in [4.69, 9.17) is 0 Å². The van der Waals surface area contributed by atoms with Gasteiger partial charge in [0.2, 0.25) is 5.91 Å². The number of carbonyl (C=O) groups is 1. The van der Waals surface area contributed by atoms with Crippen LogP contribution in [0.3, 0.4) is 0 Å². The Balaban J connectivity index is 1.59. The van der Waals surface area contributed by atoms with Gasteiger partial charge in [0.25, 0.3) is 0 Å². The lowest BCUT2D eigenvalue weighted by Crippen LogP contribution is -2.33. The summed E-state index contributed by atoms with van der Waals surface area (Å²) in [6.07, 6.45) is 4.67. The number of aromatic nitrogens is 2. The molecule has 3 rings (SSSR count). The maximum atomic E-state index is 12.2. The van der Waals surface area contributed by atoms with Gasteiger partial charge in [0.15, 0.2) is 0 Å². The number of amides is 1. The molecule has 1 unspecified atom stereocenters. The molecule has 1 aromatic heterocycles. The van der Waals surface area contributed by atoms with Crippen molar-refractivity contribution in [3.8, 4) is 0 Å². The third kappa shape index (κ3) is 2.74. The predicted molar refractivity (Wildman–Crippen MR) is 77.0 cm³/mol. The van der Waals surface area contributed by atoms with Gasteiger partial charge >= 0.3 is 0 Å². The van der Waals surface area contributed by atoms with Crippen LogP contribution in [-0.2, 0) is 31.2 Å². The lowest BCUT2D eigenvalue weighted by Gasteiger charge is -2.23. The third-order valence-corrected chi connectivity index (χ3v) is 3.93. The van der Waals surface area contributed by atoms with E-state index in [0.29, 0.717) is 6.54 Å². The summed E-state index contributed by atoms with van der Waals surface area (Å²) in [4.78, 5) is 12.2. The molecule has 20 heavy (non-hydrogen) atoms. The van der Waals surface area contributed by atoms with Gasteiger partial charge in [0.05, 0.1) is 12.2 Å². The van der Waals surface area contributed by atoms with Crippen molar-refractivity contribution in [3.63, 3.8) is 0 Å². The van der Waals surface area contributed by atoms with Crippen molar-refractivity contribution in [1.29, 1.82) is 0 Å². The van der Waals surface area contributed by atoms with E-state index in [-0.39, 0.29) is 11.8 Å². The predicted octanol–water partition coefficient (Wildman–Crippen LogP) is 1.84. The Morgan fingerprint density at radius 3 is 2.90 bits per heavy atom. The summed E-state index contributed by atoms with van der Waals surface area (Å²) in [6.45, 7) is 0.512. The molecule has 1 aliphatic carbocycles. The maximum Gasteiger partial charge on any atom is 0.223 e. The van der Waals surface area contributed by atoms with Gasteiger partial charge < -0.3 is 5.32 Å². The number of nitrogens with one attached hydrogen (secondary N) is 1. The Bertz CT molecular complexity index is 618. The highest BCUT2D eigenvalue weighted by Crippen LogP contribution is 2.25. The monoisotopic (exact) mass is 269 g/mol. The summed E-state index contributed by atoms with van der Waals surface area (Å²) < 4.78 is 1.75. The van der Waals surface area contributed by atoms with E-state index in [1.54, 1.807) is 4.68 Å². The van der Waals surface area contributed by atoms with Crippen LogP contribution in [0.15, 0.2) is 36.5 Å². The van der Waals surface area contributed by atoms with E-state index in [1.165, 1.54) is 11.1 Å². The van der Waals surface area contributed by atoms with E-state index in [1.807, 2.05) is 25.4 Å². The molecule has 1 N–H and O–H groups in total. The molecule has 4 heteroatoms. The molecule has 0 saturated heterocycles. The lowest BCUT2D eigenvalue weighted by molar-refractivity contribution is -0.125. The molecule has 0 aliphatic heterocycles. The van der Waals surface area contributed by atoms with Crippen LogP contribution in [-0.4, -0.2) is 15.7 Å². The average Bonchev–Trinajstić information content (AvgIpc) is 2.90. The first-order chi connectivity index (χ1) is 9.72. The number of carbonyl (C=O) groups excluding carboxylic acids is 1. The molecule has 4 nitrogen and oxygen atoms in total. The first-order valence-corrected chi connectivity index (χ1v) is 7.05. The van der Waals surface area contributed by atoms with Crippen LogP contribution < -0.4 is 5.32 Å².